The fourth-order valence-electron chi connectivity index (χ4n) is 7.38. The van der Waals surface area contributed by atoms with Crippen LogP contribution in [0.1, 0.15) is 108 Å². The minimum atomic E-state index is -1.05. The molecule has 310 valence electrons. The highest BCUT2D eigenvalue weighted by Gasteiger charge is 2.31. The summed E-state index contributed by atoms with van der Waals surface area (Å²) in [7, 11) is 3.14. The van der Waals surface area contributed by atoms with Gasteiger partial charge in [0, 0.05) is 35.3 Å². The molecule has 0 bridgehead atoms. The second kappa shape index (κ2) is 19.5. The van der Waals surface area contributed by atoms with Crippen LogP contribution in [0.2, 0.25) is 0 Å². The van der Waals surface area contributed by atoms with Crippen molar-refractivity contribution < 1.29 is 49.0 Å². The molecule has 0 unspecified atom stereocenters. The maximum absolute atomic E-state index is 11.0. The van der Waals surface area contributed by atoms with E-state index in [1.165, 1.54) is 0 Å². The maximum atomic E-state index is 11.0. The van der Waals surface area contributed by atoms with E-state index in [1.54, 1.807) is 14.2 Å². The SMILES string of the molecule is COc1nc(OCc2cccc(-c3cccc(COc4nc(OC)c(CNC[C@@H](O)CC(=O)O)cc4C4CC4)c3C)c2C)c(C2CC2)cc1CCC[C@@H](O)CC(=O)O. The van der Waals surface area contributed by atoms with E-state index >= 15 is 0 Å². The van der Waals surface area contributed by atoms with E-state index in [1.807, 2.05) is 18.2 Å². The number of carbonyl (C=O) groups is 2. The molecule has 6 rings (SSSR count). The van der Waals surface area contributed by atoms with Crippen molar-refractivity contribution in [2.75, 3.05) is 20.8 Å². The number of aliphatic hydroxyl groups excluding tert-OH is 2. The molecule has 0 radical (unpaired) electrons. The standard InChI is InChI=1S/C45H55N3O10/c1-26-31(24-57-44-38(28-14-15-28)18-30(42(47-44)55-3)8-5-11-34(49)20-40(51)52)9-6-12-36(26)37-13-7-10-32(27(37)2)25-58-45-39(29-16-17-29)19-33(43(48-45)56-4)22-46-23-35(50)21-41(53)54/h6-7,9-10,12-13,18-19,28-29,34-35,46,49-50H,5,8,11,14-17,20-25H2,1-4H3,(H,51,52)(H,53,54)/t34-,35+/m1/s1. The molecule has 2 aliphatic rings. The summed E-state index contributed by atoms with van der Waals surface area (Å²) in [6.07, 6.45) is 3.34. The number of carboxylic acid groups (broad SMARTS) is 2. The summed E-state index contributed by atoms with van der Waals surface area (Å²) in [6, 6.07) is 16.6. The van der Waals surface area contributed by atoms with Gasteiger partial charge in [-0.25, -0.2) is 0 Å². The van der Waals surface area contributed by atoms with Gasteiger partial charge < -0.3 is 44.7 Å². The van der Waals surface area contributed by atoms with Crippen LogP contribution in [-0.4, -0.2) is 75.3 Å². The molecule has 58 heavy (non-hydrogen) atoms. The molecule has 2 heterocycles. The number of methoxy groups -OCH3 is 2. The number of nitrogens with zero attached hydrogens (tertiary/aromatic N) is 2. The molecule has 13 nitrogen and oxygen atoms in total. The molecule has 0 saturated heterocycles. The first-order valence-corrected chi connectivity index (χ1v) is 20.0. The summed E-state index contributed by atoms with van der Waals surface area (Å²) < 4.78 is 24.2. The Balaban J connectivity index is 1.15. The number of benzene rings is 2. The third kappa shape index (κ3) is 11.0. The van der Waals surface area contributed by atoms with E-state index in [2.05, 4.69) is 49.5 Å². The largest absolute Gasteiger partial charge is 0.481 e. The van der Waals surface area contributed by atoms with E-state index in [-0.39, 0.29) is 19.4 Å². The molecule has 2 aromatic carbocycles. The number of nitrogens with one attached hydrogen (secondary N) is 1. The predicted octanol–water partition coefficient (Wildman–Crippen LogP) is 6.77. The van der Waals surface area contributed by atoms with Gasteiger partial charge in [-0.05, 0) is 116 Å². The van der Waals surface area contributed by atoms with Gasteiger partial charge >= 0.3 is 11.9 Å². The Morgan fingerprint density at radius 2 is 1.19 bits per heavy atom. The molecular formula is C45H55N3O10. The molecule has 0 aliphatic heterocycles. The second-order valence-corrected chi connectivity index (χ2v) is 15.4. The zero-order chi connectivity index (χ0) is 41.3. The van der Waals surface area contributed by atoms with Crippen LogP contribution in [0.15, 0.2) is 48.5 Å². The third-order valence-electron chi connectivity index (χ3n) is 10.9. The Bertz CT molecular complexity index is 1930. The van der Waals surface area contributed by atoms with Crippen LogP contribution < -0.4 is 24.3 Å². The number of carboxylic acids is 2. The maximum Gasteiger partial charge on any atom is 0.306 e. The van der Waals surface area contributed by atoms with Crippen molar-refractivity contribution in [3.8, 4) is 34.6 Å². The Morgan fingerprint density at radius 3 is 1.67 bits per heavy atom. The Hall–Kier alpha value is -5.24. The zero-order valence-electron chi connectivity index (χ0n) is 33.8. The van der Waals surface area contributed by atoms with E-state index in [4.69, 9.17) is 39.1 Å². The summed E-state index contributed by atoms with van der Waals surface area (Å²) in [5.41, 5.74) is 10.3. The number of aliphatic carboxylic acids is 2. The lowest BCUT2D eigenvalue weighted by Gasteiger charge is -2.19. The molecule has 2 aliphatic carbocycles. The van der Waals surface area contributed by atoms with Gasteiger partial charge in [0.2, 0.25) is 23.5 Å². The lowest BCUT2D eigenvalue weighted by atomic mass is 9.92. The minimum Gasteiger partial charge on any atom is -0.481 e. The molecular weight excluding hydrogens is 743 g/mol. The lowest BCUT2D eigenvalue weighted by Crippen LogP contribution is -2.28. The summed E-state index contributed by atoms with van der Waals surface area (Å²) in [5, 5.41) is 41.0. The van der Waals surface area contributed by atoms with Gasteiger partial charge in [0.25, 0.3) is 0 Å². The third-order valence-corrected chi connectivity index (χ3v) is 10.9. The highest BCUT2D eigenvalue weighted by molar-refractivity contribution is 5.72. The van der Waals surface area contributed by atoms with Crippen molar-refractivity contribution in [2.24, 2.45) is 0 Å². The molecule has 0 spiro atoms. The van der Waals surface area contributed by atoms with Crippen LogP contribution in [0.25, 0.3) is 11.1 Å². The normalized spacial score (nSPS) is 14.8. The van der Waals surface area contributed by atoms with Crippen molar-refractivity contribution >= 4 is 11.9 Å². The molecule has 13 heteroatoms. The Kier molecular flexibility index (Phi) is 14.2. The first-order valence-electron chi connectivity index (χ1n) is 20.0. The van der Waals surface area contributed by atoms with Crippen molar-refractivity contribution in [2.45, 2.75) is 115 Å². The molecule has 2 fully saturated rings. The number of ether oxygens (including phenoxy) is 4. The van der Waals surface area contributed by atoms with Gasteiger partial charge in [-0.15, -0.1) is 0 Å². The summed E-state index contributed by atoms with van der Waals surface area (Å²) in [6.45, 7) is 5.34. The van der Waals surface area contributed by atoms with Crippen LogP contribution in [0.4, 0.5) is 0 Å². The van der Waals surface area contributed by atoms with Crippen molar-refractivity contribution in [1.29, 1.82) is 0 Å². The monoisotopic (exact) mass is 797 g/mol. The average Bonchev–Trinajstić information content (AvgIpc) is 4.12. The van der Waals surface area contributed by atoms with Gasteiger partial charge in [0.05, 0.1) is 39.3 Å². The Labute approximate surface area is 339 Å². The number of hydrogen-bond donors (Lipinski definition) is 5. The topological polar surface area (TPSA) is 190 Å². The van der Waals surface area contributed by atoms with Gasteiger partial charge in [-0.3, -0.25) is 9.59 Å². The van der Waals surface area contributed by atoms with Gasteiger partial charge in [0.1, 0.15) is 13.2 Å². The smallest absolute Gasteiger partial charge is 0.306 e. The van der Waals surface area contributed by atoms with Gasteiger partial charge in [-0.1, -0.05) is 36.4 Å². The highest BCUT2D eigenvalue weighted by Crippen LogP contribution is 2.46. The summed E-state index contributed by atoms with van der Waals surface area (Å²) >= 11 is 0. The quantitative estimate of drug-likeness (QED) is 0.0529. The molecule has 5 N–H and O–H groups in total. The number of hydrogen-bond acceptors (Lipinski definition) is 11. The van der Waals surface area contributed by atoms with Crippen molar-refractivity contribution in [3.63, 3.8) is 0 Å². The van der Waals surface area contributed by atoms with Crippen LogP contribution in [-0.2, 0) is 35.8 Å². The molecule has 4 aromatic rings. The molecule has 0 amide bonds. The van der Waals surface area contributed by atoms with Crippen LogP contribution in [0.5, 0.6) is 23.5 Å². The number of aromatic nitrogens is 2. The second-order valence-electron chi connectivity index (χ2n) is 15.4. The van der Waals surface area contributed by atoms with E-state index in [0.717, 1.165) is 81.3 Å². The first kappa shape index (κ1) is 42.4. The van der Waals surface area contributed by atoms with Crippen LogP contribution in [0, 0.1) is 13.8 Å². The summed E-state index contributed by atoms with van der Waals surface area (Å²) in [4.78, 5) is 31.4. The first-order chi connectivity index (χ1) is 27.9. The zero-order valence-corrected chi connectivity index (χ0v) is 33.8. The van der Waals surface area contributed by atoms with E-state index < -0.39 is 24.1 Å². The van der Waals surface area contributed by atoms with Crippen LogP contribution >= 0.6 is 0 Å². The van der Waals surface area contributed by atoms with Crippen molar-refractivity contribution in [1.82, 2.24) is 15.3 Å². The number of aliphatic hydroxyl groups is 2. The highest BCUT2D eigenvalue weighted by atomic mass is 16.5. The predicted molar refractivity (Wildman–Crippen MR) is 217 cm³/mol. The average molecular weight is 798 g/mol. The summed E-state index contributed by atoms with van der Waals surface area (Å²) in [5.74, 6) is 0.637. The minimum absolute atomic E-state index is 0.132. The fraction of sp³-hybridized carbons (Fsp3) is 0.467. The fourth-order valence-corrected chi connectivity index (χ4v) is 7.38. The molecule has 2 saturated carbocycles. The number of aryl methyl sites for hydroxylation is 1. The number of pyridine rings is 2. The molecule has 2 aromatic heterocycles. The lowest BCUT2D eigenvalue weighted by molar-refractivity contribution is -0.140. The number of rotatable bonds is 23. The van der Waals surface area contributed by atoms with Crippen LogP contribution in [0.3, 0.4) is 0 Å². The van der Waals surface area contributed by atoms with Gasteiger partial charge in [0.15, 0.2) is 0 Å². The van der Waals surface area contributed by atoms with E-state index in [0.29, 0.717) is 74.4 Å². The molecule has 2 atom stereocenters. The Morgan fingerprint density at radius 1 is 0.707 bits per heavy atom. The van der Waals surface area contributed by atoms with E-state index in [9.17, 15) is 19.8 Å². The van der Waals surface area contributed by atoms with Crippen molar-refractivity contribution in [3.05, 3.63) is 93.0 Å². The van der Waals surface area contributed by atoms with Gasteiger partial charge in [-0.2, -0.15) is 9.97 Å².